The van der Waals surface area contributed by atoms with Crippen LogP contribution in [0.2, 0.25) is 5.02 Å². The van der Waals surface area contributed by atoms with Gasteiger partial charge in [-0.25, -0.2) is 4.68 Å². The van der Waals surface area contributed by atoms with Crippen LogP contribution in [0.4, 0.5) is 5.82 Å². The number of aryl methyl sites for hydroxylation is 1. The number of nitrogens with zero attached hydrogens (tertiary/aromatic N) is 3. The van der Waals surface area contributed by atoms with Crippen LogP contribution in [0.15, 0.2) is 78.9 Å². The zero-order valence-electron chi connectivity index (χ0n) is 20.9. The van der Waals surface area contributed by atoms with Crippen LogP contribution in [0.1, 0.15) is 34.8 Å². The summed E-state index contributed by atoms with van der Waals surface area (Å²) in [5.41, 5.74) is 5.43. The third-order valence-electron chi connectivity index (χ3n) is 6.85. The quantitative estimate of drug-likeness (QED) is 0.327. The minimum Gasteiger partial charge on any atom is -0.352 e. The number of amides is 2. The van der Waals surface area contributed by atoms with Crippen molar-refractivity contribution in [2.45, 2.75) is 31.1 Å². The number of thioether (sulfide) groups is 1. The second kappa shape index (κ2) is 10.3. The molecule has 2 aliphatic rings. The first kappa shape index (κ1) is 24.8. The van der Waals surface area contributed by atoms with Gasteiger partial charge in [-0.15, -0.1) is 11.8 Å². The van der Waals surface area contributed by atoms with Crippen molar-refractivity contribution in [1.29, 1.82) is 0 Å². The Morgan fingerprint density at radius 2 is 1.74 bits per heavy atom. The summed E-state index contributed by atoms with van der Waals surface area (Å²) in [7, 11) is 0. The first-order chi connectivity index (χ1) is 18.5. The normalized spacial score (nSPS) is 17.2. The smallest absolute Gasteiger partial charge is 0.240 e. The molecule has 1 N–H and O–H groups in total. The Balaban J connectivity index is 1.61. The third-order valence-corrected chi connectivity index (χ3v) is 8.43. The first-order valence-electron chi connectivity index (χ1n) is 12.7. The van der Waals surface area contributed by atoms with E-state index < -0.39 is 0 Å². The maximum absolute atomic E-state index is 13.7. The maximum atomic E-state index is 13.7. The van der Waals surface area contributed by atoms with E-state index in [-0.39, 0.29) is 35.4 Å². The maximum Gasteiger partial charge on any atom is 0.240 e. The molecule has 2 heterocycles. The van der Waals surface area contributed by atoms with Gasteiger partial charge in [-0.1, -0.05) is 77.8 Å². The molecule has 8 heteroatoms. The lowest BCUT2D eigenvalue weighted by molar-refractivity contribution is -0.123. The number of aromatic nitrogens is 2. The number of halogens is 1. The topological polar surface area (TPSA) is 67.2 Å². The van der Waals surface area contributed by atoms with Gasteiger partial charge in [0.2, 0.25) is 11.8 Å². The van der Waals surface area contributed by atoms with Gasteiger partial charge < -0.3 is 5.32 Å². The second-order valence-corrected chi connectivity index (χ2v) is 11.2. The summed E-state index contributed by atoms with van der Waals surface area (Å²) in [6.45, 7) is 1.97. The van der Waals surface area contributed by atoms with Crippen molar-refractivity contribution >= 4 is 41.0 Å². The molecule has 4 aromatic rings. The zero-order valence-corrected chi connectivity index (χ0v) is 22.5. The van der Waals surface area contributed by atoms with Crippen LogP contribution in [-0.2, 0) is 9.59 Å². The highest BCUT2D eigenvalue weighted by Gasteiger charge is 2.38. The summed E-state index contributed by atoms with van der Waals surface area (Å²) < 4.78 is 1.81. The van der Waals surface area contributed by atoms with Crippen molar-refractivity contribution in [3.8, 4) is 16.9 Å². The monoisotopic (exact) mass is 542 g/mol. The van der Waals surface area contributed by atoms with Gasteiger partial charge in [0.25, 0.3) is 0 Å². The van der Waals surface area contributed by atoms with Crippen molar-refractivity contribution in [2.24, 2.45) is 0 Å². The minimum atomic E-state index is -0.256. The van der Waals surface area contributed by atoms with E-state index in [9.17, 15) is 9.59 Å². The molecule has 0 spiro atoms. The SMILES string of the molecule is Cc1ccc(-n2nc(-c3ccccc3)c3c2N(CC(=O)NC2CC2)C(=O)CSC3c2ccccc2Cl)cc1. The van der Waals surface area contributed by atoms with E-state index in [2.05, 4.69) is 5.32 Å². The standard InChI is InChI=1S/C30H27ClN4O2S/c1-19-11-15-22(16-12-19)35-30-27(28(33-35)20-7-3-2-4-8-20)29(23-9-5-6-10-24(23)31)38-18-26(37)34(30)17-25(36)32-21-13-14-21/h2-12,15-16,21,29H,13-14,17-18H2,1H3,(H,32,36). The fourth-order valence-electron chi connectivity index (χ4n) is 4.77. The van der Waals surface area contributed by atoms with Gasteiger partial charge in [-0.2, -0.15) is 5.10 Å². The predicted octanol–water partition coefficient (Wildman–Crippen LogP) is 5.95. The van der Waals surface area contributed by atoms with Crippen LogP contribution in [0, 0.1) is 6.92 Å². The summed E-state index contributed by atoms with van der Waals surface area (Å²) in [4.78, 5) is 28.4. The summed E-state index contributed by atoms with van der Waals surface area (Å²) in [6.07, 6.45) is 1.96. The third kappa shape index (κ3) is 4.84. The van der Waals surface area contributed by atoms with Crippen LogP contribution in [0.3, 0.4) is 0 Å². The highest BCUT2D eigenvalue weighted by Crippen LogP contribution is 2.49. The largest absolute Gasteiger partial charge is 0.352 e. The van der Waals surface area contributed by atoms with Crippen LogP contribution in [-0.4, -0.2) is 39.9 Å². The molecule has 38 heavy (non-hydrogen) atoms. The van der Waals surface area contributed by atoms with Gasteiger partial charge >= 0.3 is 0 Å². The molecule has 1 saturated carbocycles. The summed E-state index contributed by atoms with van der Waals surface area (Å²) in [5, 5.41) is 8.52. The molecule has 1 fully saturated rings. The van der Waals surface area contributed by atoms with Gasteiger partial charge in [0.1, 0.15) is 12.4 Å². The highest BCUT2D eigenvalue weighted by atomic mass is 35.5. The Morgan fingerprint density at radius 3 is 2.45 bits per heavy atom. The summed E-state index contributed by atoms with van der Waals surface area (Å²) >= 11 is 8.25. The Labute approximate surface area is 231 Å². The molecular formula is C30H27ClN4O2S. The van der Waals surface area contributed by atoms with Gasteiger partial charge in [-0.05, 0) is 43.5 Å². The summed E-state index contributed by atoms with van der Waals surface area (Å²) in [6, 6.07) is 25.9. The van der Waals surface area contributed by atoms with Crippen molar-refractivity contribution in [2.75, 3.05) is 17.2 Å². The molecule has 0 radical (unpaired) electrons. The van der Waals surface area contributed by atoms with Crippen molar-refractivity contribution in [1.82, 2.24) is 15.1 Å². The van der Waals surface area contributed by atoms with E-state index in [0.717, 1.165) is 46.5 Å². The Bertz CT molecular complexity index is 1500. The molecule has 1 aliphatic carbocycles. The number of carbonyl (C=O) groups is 2. The molecule has 3 aromatic carbocycles. The molecule has 6 rings (SSSR count). The van der Waals surface area contributed by atoms with E-state index >= 15 is 0 Å². The molecule has 1 atom stereocenters. The van der Waals surface area contributed by atoms with Gasteiger partial charge in [0, 0.05) is 22.2 Å². The van der Waals surface area contributed by atoms with E-state index in [0.29, 0.717) is 10.8 Å². The number of rotatable bonds is 6. The molecule has 0 bridgehead atoms. The van der Waals surface area contributed by atoms with Crippen molar-refractivity contribution in [3.05, 3.63) is 101 Å². The van der Waals surface area contributed by atoms with Gasteiger partial charge in [0.05, 0.1) is 22.4 Å². The Kier molecular flexibility index (Phi) is 6.72. The lowest BCUT2D eigenvalue weighted by Gasteiger charge is -2.23. The van der Waals surface area contributed by atoms with E-state index in [4.69, 9.17) is 16.7 Å². The first-order valence-corrected chi connectivity index (χ1v) is 14.1. The van der Waals surface area contributed by atoms with Crippen molar-refractivity contribution < 1.29 is 9.59 Å². The molecule has 1 aliphatic heterocycles. The average Bonchev–Trinajstić information content (AvgIpc) is 3.68. The number of fused-ring (bicyclic) bond motifs is 1. The number of nitrogens with one attached hydrogen (secondary N) is 1. The molecule has 1 aromatic heterocycles. The van der Waals surface area contributed by atoms with Crippen LogP contribution >= 0.6 is 23.4 Å². The van der Waals surface area contributed by atoms with Crippen LogP contribution in [0.25, 0.3) is 16.9 Å². The predicted molar refractivity (Wildman–Crippen MR) is 153 cm³/mol. The van der Waals surface area contributed by atoms with Gasteiger partial charge in [0.15, 0.2) is 0 Å². The van der Waals surface area contributed by atoms with E-state index in [1.165, 1.54) is 11.8 Å². The Hall–Kier alpha value is -3.55. The Morgan fingerprint density at radius 1 is 1.03 bits per heavy atom. The van der Waals surface area contributed by atoms with Gasteiger partial charge in [-0.3, -0.25) is 14.5 Å². The number of anilines is 1. The fourth-order valence-corrected chi connectivity index (χ4v) is 6.32. The number of hydrogen-bond acceptors (Lipinski definition) is 4. The van der Waals surface area contributed by atoms with Crippen LogP contribution < -0.4 is 10.2 Å². The van der Waals surface area contributed by atoms with E-state index in [1.54, 1.807) is 4.90 Å². The van der Waals surface area contributed by atoms with Crippen LogP contribution in [0.5, 0.6) is 0 Å². The second-order valence-electron chi connectivity index (χ2n) is 9.73. The minimum absolute atomic E-state index is 0.0656. The van der Waals surface area contributed by atoms with Crippen molar-refractivity contribution in [3.63, 3.8) is 0 Å². The zero-order chi connectivity index (χ0) is 26.2. The highest BCUT2D eigenvalue weighted by molar-refractivity contribution is 8.00. The number of benzene rings is 3. The lowest BCUT2D eigenvalue weighted by atomic mass is 9.99. The molecule has 0 saturated heterocycles. The average molecular weight is 543 g/mol. The summed E-state index contributed by atoms with van der Waals surface area (Å²) in [5.74, 6) is 0.526. The molecule has 2 amide bonds. The lowest BCUT2D eigenvalue weighted by Crippen LogP contribution is -2.43. The van der Waals surface area contributed by atoms with E-state index in [1.807, 2.05) is 90.5 Å². The molecule has 192 valence electrons. The number of carbonyl (C=O) groups excluding carboxylic acids is 2. The molecular weight excluding hydrogens is 516 g/mol. The molecule has 1 unspecified atom stereocenters. The fraction of sp³-hybridized carbons (Fsp3) is 0.233. The molecule has 6 nitrogen and oxygen atoms in total. The number of hydrogen-bond donors (Lipinski definition) is 1.